The fourth-order valence-corrected chi connectivity index (χ4v) is 7.80. The number of hydrogen-bond donors (Lipinski definition) is 0. The Morgan fingerprint density at radius 2 is 1.79 bits per heavy atom. The zero-order valence-electron chi connectivity index (χ0n) is 24.5. The van der Waals surface area contributed by atoms with Gasteiger partial charge in [-0.05, 0) is 69.3 Å². The Balaban J connectivity index is 2.01. The van der Waals surface area contributed by atoms with E-state index in [0.29, 0.717) is 24.1 Å². The van der Waals surface area contributed by atoms with Gasteiger partial charge in [0.1, 0.15) is 6.07 Å². The highest BCUT2D eigenvalue weighted by molar-refractivity contribution is 6.74. The Labute approximate surface area is 228 Å². The third-order valence-corrected chi connectivity index (χ3v) is 13.5. The predicted octanol–water partition coefficient (Wildman–Crippen LogP) is 7.49. The third-order valence-electron chi connectivity index (χ3n) is 7.99. The summed E-state index contributed by atoms with van der Waals surface area (Å²) in [5.74, 6) is 0. The average molecular weight is 548 g/mol. The smallest absolute Gasteiger partial charge is 0.257 e. The predicted molar refractivity (Wildman–Crippen MR) is 159 cm³/mol. The molecule has 1 aromatic carbocycles. The molecule has 0 saturated heterocycles. The van der Waals surface area contributed by atoms with E-state index in [0.717, 1.165) is 27.9 Å². The molecule has 0 radical (unpaired) electrons. The van der Waals surface area contributed by atoms with Crippen LogP contribution in [0.1, 0.15) is 63.8 Å². The summed E-state index contributed by atoms with van der Waals surface area (Å²) in [5, 5.41) is 11.6. The average Bonchev–Trinajstić information content (AvgIpc) is 3.17. The molecule has 2 unspecified atom stereocenters. The van der Waals surface area contributed by atoms with Crippen LogP contribution in [-0.2, 0) is 21.0 Å². The fraction of sp³-hybridized carbons (Fsp3) is 0.500. The molecule has 0 spiro atoms. The summed E-state index contributed by atoms with van der Waals surface area (Å²) < 4.78 is 15.2. The van der Waals surface area contributed by atoms with Crippen LogP contribution in [0.3, 0.4) is 0 Å². The standard InChI is InChI=1S/C30H41N3O3Si2/c1-11-30(19-31,36-37(6,7)8)23-17-25-27-22(16-21-14-12-13-15-24(21)32-27)18-33(25)28(34)26(23)20(2)35-38(9,10)29(3,4)5/h12-17,20H,11,18H2,1-10H3. The molecular weight excluding hydrogens is 507 g/mol. The summed E-state index contributed by atoms with van der Waals surface area (Å²) in [6, 6.07) is 14.6. The maximum Gasteiger partial charge on any atom is 0.257 e. The second-order valence-corrected chi connectivity index (χ2v) is 22.1. The summed E-state index contributed by atoms with van der Waals surface area (Å²) in [5.41, 5.74) is 3.19. The molecule has 4 rings (SSSR count). The number of aromatic nitrogens is 2. The molecule has 3 heterocycles. The van der Waals surface area contributed by atoms with Gasteiger partial charge in [0.25, 0.3) is 5.56 Å². The topological polar surface area (TPSA) is 77.1 Å². The van der Waals surface area contributed by atoms with Gasteiger partial charge in [0, 0.05) is 16.5 Å². The van der Waals surface area contributed by atoms with Crippen molar-refractivity contribution in [2.24, 2.45) is 0 Å². The van der Waals surface area contributed by atoms with E-state index in [9.17, 15) is 10.1 Å². The van der Waals surface area contributed by atoms with Crippen LogP contribution in [0.4, 0.5) is 0 Å². The zero-order chi connectivity index (χ0) is 28.3. The van der Waals surface area contributed by atoms with Gasteiger partial charge in [0.2, 0.25) is 0 Å². The van der Waals surface area contributed by atoms with Crippen LogP contribution in [0.5, 0.6) is 0 Å². The monoisotopic (exact) mass is 547 g/mol. The first-order chi connectivity index (χ1) is 17.5. The summed E-state index contributed by atoms with van der Waals surface area (Å²) in [4.78, 5) is 19.3. The number of hydrogen-bond acceptors (Lipinski definition) is 5. The third kappa shape index (κ3) is 4.93. The van der Waals surface area contributed by atoms with Crippen LogP contribution < -0.4 is 5.56 Å². The Bertz CT molecular complexity index is 1490. The highest BCUT2D eigenvalue weighted by Crippen LogP contribution is 2.43. The van der Waals surface area contributed by atoms with E-state index in [-0.39, 0.29) is 10.6 Å². The van der Waals surface area contributed by atoms with Gasteiger partial charge in [-0.25, -0.2) is 4.98 Å². The number of fused-ring (bicyclic) bond motifs is 4. The van der Waals surface area contributed by atoms with Crippen molar-refractivity contribution in [1.82, 2.24) is 9.55 Å². The number of benzene rings is 1. The van der Waals surface area contributed by atoms with E-state index in [4.69, 9.17) is 13.8 Å². The second kappa shape index (κ2) is 9.56. The number of para-hydroxylation sites is 1. The molecule has 38 heavy (non-hydrogen) atoms. The molecule has 6 nitrogen and oxygen atoms in total. The molecule has 0 aliphatic carbocycles. The molecule has 202 valence electrons. The summed E-state index contributed by atoms with van der Waals surface area (Å²) in [6.07, 6.45) is -0.0643. The minimum atomic E-state index is -2.22. The Morgan fingerprint density at radius 3 is 2.37 bits per heavy atom. The van der Waals surface area contributed by atoms with Crippen LogP contribution >= 0.6 is 0 Å². The highest BCUT2D eigenvalue weighted by atomic mass is 28.4. The normalized spacial score (nSPS) is 16.0. The largest absolute Gasteiger partial charge is 0.410 e. The van der Waals surface area contributed by atoms with Crippen molar-refractivity contribution in [1.29, 1.82) is 5.26 Å². The molecule has 0 amide bonds. The van der Waals surface area contributed by atoms with Gasteiger partial charge < -0.3 is 13.4 Å². The maximum absolute atomic E-state index is 14.4. The molecule has 1 aliphatic rings. The van der Waals surface area contributed by atoms with Crippen molar-refractivity contribution in [3.8, 4) is 17.5 Å². The molecular formula is C30H41N3O3Si2. The molecule has 1 aliphatic heterocycles. The number of pyridine rings is 2. The Morgan fingerprint density at radius 1 is 1.13 bits per heavy atom. The lowest BCUT2D eigenvalue weighted by Gasteiger charge is -2.40. The lowest BCUT2D eigenvalue weighted by atomic mass is 9.87. The molecule has 0 fully saturated rings. The molecule has 2 atom stereocenters. The summed E-state index contributed by atoms with van der Waals surface area (Å²) in [7, 11) is -4.40. The zero-order valence-corrected chi connectivity index (χ0v) is 26.5. The van der Waals surface area contributed by atoms with Crippen molar-refractivity contribution < 1.29 is 8.85 Å². The minimum Gasteiger partial charge on any atom is -0.410 e. The first kappa shape index (κ1) is 28.4. The van der Waals surface area contributed by atoms with Gasteiger partial charge in [-0.2, -0.15) is 5.26 Å². The van der Waals surface area contributed by atoms with Gasteiger partial charge >= 0.3 is 0 Å². The molecule has 0 N–H and O–H groups in total. The van der Waals surface area contributed by atoms with E-state index in [1.165, 1.54) is 0 Å². The quantitative estimate of drug-likeness (QED) is 0.224. The van der Waals surface area contributed by atoms with Crippen molar-refractivity contribution >= 4 is 27.5 Å². The van der Waals surface area contributed by atoms with Gasteiger partial charge in [-0.3, -0.25) is 4.79 Å². The van der Waals surface area contributed by atoms with E-state index >= 15 is 0 Å². The first-order valence-corrected chi connectivity index (χ1v) is 19.8. The van der Waals surface area contributed by atoms with Crippen molar-refractivity contribution in [3.05, 3.63) is 63.4 Å². The number of rotatable bonds is 7. The molecule has 8 heteroatoms. The van der Waals surface area contributed by atoms with Crippen molar-refractivity contribution in [3.63, 3.8) is 0 Å². The second-order valence-electron chi connectivity index (χ2n) is 13.0. The van der Waals surface area contributed by atoms with Crippen LogP contribution in [0.2, 0.25) is 37.8 Å². The van der Waals surface area contributed by atoms with Crippen LogP contribution in [0.15, 0.2) is 41.2 Å². The van der Waals surface area contributed by atoms with E-state index in [2.05, 4.69) is 65.6 Å². The Kier molecular flexibility index (Phi) is 7.15. The minimum absolute atomic E-state index is 0.0273. The number of nitriles is 1. The van der Waals surface area contributed by atoms with Gasteiger partial charge in [0.15, 0.2) is 22.2 Å². The van der Waals surface area contributed by atoms with E-state index in [1.54, 1.807) is 4.57 Å². The summed E-state index contributed by atoms with van der Waals surface area (Å²) in [6.45, 7) is 21.5. The SMILES string of the molecule is CCC(C#N)(O[Si](C)(C)C)c1cc2n(c(=O)c1C(C)O[Si](C)(C)C(C)(C)C)Cc1cc3ccccc3nc1-2. The Hall–Kier alpha value is -2.58. The highest BCUT2D eigenvalue weighted by Gasteiger charge is 2.44. The van der Waals surface area contributed by atoms with E-state index < -0.39 is 28.3 Å². The summed E-state index contributed by atoms with van der Waals surface area (Å²) >= 11 is 0. The fourth-order valence-electron chi connectivity index (χ4n) is 5.09. The molecule has 2 aromatic heterocycles. The van der Waals surface area contributed by atoms with Gasteiger partial charge in [-0.15, -0.1) is 0 Å². The number of nitrogens with zero attached hydrogens (tertiary/aromatic N) is 3. The van der Waals surface area contributed by atoms with Crippen LogP contribution in [0, 0.1) is 11.3 Å². The lowest BCUT2D eigenvalue weighted by Crippen LogP contribution is -2.45. The van der Waals surface area contributed by atoms with Gasteiger partial charge in [0.05, 0.1) is 35.1 Å². The van der Waals surface area contributed by atoms with Crippen LogP contribution in [0.25, 0.3) is 22.3 Å². The van der Waals surface area contributed by atoms with Crippen molar-refractivity contribution in [2.45, 2.75) is 97.1 Å². The first-order valence-electron chi connectivity index (χ1n) is 13.5. The van der Waals surface area contributed by atoms with E-state index in [1.807, 2.05) is 44.2 Å². The molecule has 0 saturated carbocycles. The molecule has 3 aromatic rings. The molecule has 0 bridgehead atoms. The van der Waals surface area contributed by atoms with Crippen molar-refractivity contribution in [2.75, 3.05) is 0 Å². The maximum atomic E-state index is 14.4. The van der Waals surface area contributed by atoms with Crippen LogP contribution in [-0.4, -0.2) is 26.2 Å². The van der Waals surface area contributed by atoms with Gasteiger partial charge in [-0.1, -0.05) is 45.9 Å². The lowest BCUT2D eigenvalue weighted by molar-refractivity contribution is 0.108.